The lowest BCUT2D eigenvalue weighted by molar-refractivity contribution is -0.131. The van der Waals surface area contributed by atoms with Gasteiger partial charge in [0.2, 0.25) is 0 Å². The third kappa shape index (κ3) is 2.66. The Morgan fingerprint density at radius 2 is 1.89 bits per heavy atom. The summed E-state index contributed by atoms with van der Waals surface area (Å²) in [6.45, 7) is 6.89. The van der Waals surface area contributed by atoms with Gasteiger partial charge in [-0.3, -0.25) is 0 Å². The highest BCUT2D eigenvalue weighted by molar-refractivity contribution is 5.81. The van der Waals surface area contributed by atoms with Crippen LogP contribution in [-0.4, -0.2) is 40.8 Å². The predicted molar refractivity (Wildman–Crippen MR) is 65.2 cm³/mol. The number of allylic oxidation sites excluding steroid dienone is 1. The van der Waals surface area contributed by atoms with Crippen molar-refractivity contribution in [2.75, 3.05) is 13.1 Å². The second-order valence-corrected chi connectivity index (χ2v) is 6.33. The summed E-state index contributed by atoms with van der Waals surface area (Å²) in [6, 6.07) is 0. The highest BCUT2D eigenvalue weighted by atomic mass is 16.6. The van der Waals surface area contributed by atoms with E-state index in [0.29, 0.717) is 13.1 Å². The molecule has 1 aliphatic carbocycles. The highest BCUT2D eigenvalue weighted by Gasteiger charge is 2.52. The van der Waals surface area contributed by atoms with E-state index in [1.54, 1.807) is 4.90 Å². The maximum atomic E-state index is 11.7. The van der Waals surface area contributed by atoms with Crippen molar-refractivity contribution in [2.24, 2.45) is 5.41 Å². The molecule has 0 atom stereocenters. The minimum absolute atomic E-state index is 0.123. The van der Waals surface area contributed by atoms with Crippen LogP contribution in [0.5, 0.6) is 0 Å². The van der Waals surface area contributed by atoms with Gasteiger partial charge in [-0.1, -0.05) is 5.57 Å². The van der Waals surface area contributed by atoms with Gasteiger partial charge in [0.15, 0.2) is 0 Å². The average molecular weight is 253 g/mol. The van der Waals surface area contributed by atoms with Crippen LogP contribution < -0.4 is 0 Å². The van der Waals surface area contributed by atoms with Gasteiger partial charge in [0, 0.05) is 24.6 Å². The van der Waals surface area contributed by atoms with Crippen molar-refractivity contribution in [3.05, 3.63) is 11.6 Å². The van der Waals surface area contributed by atoms with Crippen molar-refractivity contribution in [1.29, 1.82) is 0 Å². The first-order chi connectivity index (χ1) is 8.19. The molecule has 1 amide bonds. The monoisotopic (exact) mass is 253 g/mol. The zero-order valence-corrected chi connectivity index (χ0v) is 11.0. The van der Waals surface area contributed by atoms with E-state index in [1.165, 1.54) is 6.08 Å². The molecule has 2 fully saturated rings. The quantitative estimate of drug-likeness (QED) is 0.726. The van der Waals surface area contributed by atoms with Crippen molar-refractivity contribution in [2.45, 2.75) is 39.2 Å². The number of carbonyl (C=O) groups excluding carboxylic acids is 1. The lowest BCUT2D eigenvalue weighted by atomic mass is 9.61. The number of hydrogen-bond donors (Lipinski definition) is 1. The molecule has 2 rings (SSSR count). The molecule has 1 saturated carbocycles. The first-order valence-corrected chi connectivity index (χ1v) is 6.09. The fourth-order valence-electron chi connectivity index (χ4n) is 2.63. The number of carboxylic acid groups (broad SMARTS) is 1. The number of carbonyl (C=O) groups is 2. The van der Waals surface area contributed by atoms with Crippen LogP contribution in [0, 0.1) is 5.41 Å². The van der Waals surface area contributed by atoms with E-state index >= 15 is 0 Å². The number of ether oxygens (including phenoxy) is 1. The summed E-state index contributed by atoms with van der Waals surface area (Å²) in [5, 5.41) is 8.62. The second-order valence-electron chi connectivity index (χ2n) is 6.33. The molecule has 5 heteroatoms. The van der Waals surface area contributed by atoms with Gasteiger partial charge in [0.05, 0.1) is 0 Å². The summed E-state index contributed by atoms with van der Waals surface area (Å²) in [6.07, 6.45) is 2.59. The van der Waals surface area contributed by atoms with Crippen LogP contribution in [0.4, 0.5) is 4.79 Å². The highest BCUT2D eigenvalue weighted by Crippen LogP contribution is 2.51. The molecule has 2 aliphatic rings. The molecule has 0 aromatic rings. The number of aliphatic carboxylic acids is 1. The predicted octanol–water partition coefficient (Wildman–Crippen LogP) is 2.03. The van der Waals surface area contributed by atoms with Gasteiger partial charge in [0.1, 0.15) is 5.60 Å². The molecule has 0 aromatic heterocycles. The summed E-state index contributed by atoms with van der Waals surface area (Å²) in [5.74, 6) is -0.886. The third-order valence-corrected chi connectivity index (χ3v) is 3.24. The zero-order valence-electron chi connectivity index (χ0n) is 11.0. The van der Waals surface area contributed by atoms with Crippen LogP contribution in [0.25, 0.3) is 0 Å². The largest absolute Gasteiger partial charge is 0.478 e. The number of carboxylic acids is 1. The van der Waals surface area contributed by atoms with E-state index in [0.717, 1.165) is 18.4 Å². The van der Waals surface area contributed by atoms with Crippen molar-refractivity contribution in [1.82, 2.24) is 4.90 Å². The van der Waals surface area contributed by atoms with E-state index < -0.39 is 11.6 Å². The molecule has 5 nitrogen and oxygen atoms in total. The smallest absolute Gasteiger partial charge is 0.410 e. The maximum absolute atomic E-state index is 11.7. The molecule has 0 aromatic carbocycles. The molecule has 1 saturated heterocycles. The summed E-state index contributed by atoms with van der Waals surface area (Å²) in [5.41, 5.74) is 0.623. The molecule has 1 N–H and O–H groups in total. The molecule has 100 valence electrons. The number of nitrogens with zero attached hydrogens (tertiary/aromatic N) is 1. The Morgan fingerprint density at radius 3 is 2.33 bits per heavy atom. The van der Waals surface area contributed by atoms with E-state index in [-0.39, 0.29) is 11.5 Å². The van der Waals surface area contributed by atoms with Gasteiger partial charge >= 0.3 is 12.1 Å². The SMILES string of the molecule is CC(C)(C)OC(=O)N1CC2(CC(=CC(=O)O)C2)C1. The Hall–Kier alpha value is -1.52. The molecule has 0 unspecified atom stereocenters. The Kier molecular flexibility index (Phi) is 2.87. The lowest BCUT2D eigenvalue weighted by Crippen LogP contribution is -2.62. The van der Waals surface area contributed by atoms with Crippen LogP contribution in [0.2, 0.25) is 0 Å². The summed E-state index contributed by atoms with van der Waals surface area (Å²) in [4.78, 5) is 23.9. The van der Waals surface area contributed by atoms with Crippen LogP contribution >= 0.6 is 0 Å². The molecule has 18 heavy (non-hydrogen) atoms. The van der Waals surface area contributed by atoms with Gasteiger partial charge in [0.25, 0.3) is 0 Å². The topological polar surface area (TPSA) is 66.8 Å². The van der Waals surface area contributed by atoms with E-state index in [1.807, 2.05) is 20.8 Å². The van der Waals surface area contributed by atoms with Gasteiger partial charge < -0.3 is 14.7 Å². The van der Waals surface area contributed by atoms with Crippen LogP contribution in [-0.2, 0) is 9.53 Å². The van der Waals surface area contributed by atoms with Crippen molar-refractivity contribution in [3.8, 4) is 0 Å². The number of amides is 1. The molecule has 0 bridgehead atoms. The summed E-state index contributed by atoms with van der Waals surface area (Å²) in [7, 11) is 0. The second kappa shape index (κ2) is 4.00. The average Bonchev–Trinajstić information content (AvgIpc) is 2.02. The Balaban J connectivity index is 1.79. The molecule has 1 heterocycles. The standard InChI is InChI=1S/C13H19NO4/c1-12(2,3)18-11(17)14-7-13(8-14)5-9(6-13)4-10(15)16/h4H,5-8H2,1-3H3,(H,15,16). The Labute approximate surface area is 106 Å². The van der Waals surface area contributed by atoms with Crippen molar-refractivity contribution >= 4 is 12.1 Å². The van der Waals surface area contributed by atoms with Crippen LogP contribution in [0.15, 0.2) is 11.6 Å². The summed E-state index contributed by atoms with van der Waals surface area (Å²) >= 11 is 0. The molecular weight excluding hydrogens is 234 g/mol. The van der Waals surface area contributed by atoms with E-state index in [9.17, 15) is 9.59 Å². The molecule has 0 radical (unpaired) electrons. The van der Waals surface area contributed by atoms with Crippen molar-refractivity contribution < 1.29 is 19.4 Å². The minimum atomic E-state index is -0.886. The zero-order chi connectivity index (χ0) is 13.6. The first kappa shape index (κ1) is 12.9. The summed E-state index contributed by atoms with van der Waals surface area (Å²) < 4.78 is 5.27. The van der Waals surface area contributed by atoms with Gasteiger partial charge in [-0.2, -0.15) is 0 Å². The van der Waals surface area contributed by atoms with Crippen molar-refractivity contribution in [3.63, 3.8) is 0 Å². The third-order valence-electron chi connectivity index (χ3n) is 3.24. The maximum Gasteiger partial charge on any atom is 0.410 e. The first-order valence-electron chi connectivity index (χ1n) is 6.09. The van der Waals surface area contributed by atoms with E-state index in [2.05, 4.69) is 0 Å². The van der Waals surface area contributed by atoms with Gasteiger partial charge in [-0.25, -0.2) is 9.59 Å². The van der Waals surface area contributed by atoms with Gasteiger partial charge in [-0.15, -0.1) is 0 Å². The van der Waals surface area contributed by atoms with Crippen LogP contribution in [0.3, 0.4) is 0 Å². The molecular formula is C13H19NO4. The fourth-order valence-corrected chi connectivity index (χ4v) is 2.63. The number of likely N-dealkylation sites (tertiary alicyclic amines) is 1. The fraction of sp³-hybridized carbons (Fsp3) is 0.692. The van der Waals surface area contributed by atoms with Gasteiger partial charge in [-0.05, 0) is 33.6 Å². The Bertz CT molecular complexity index is 403. The number of hydrogen-bond acceptors (Lipinski definition) is 3. The number of rotatable bonds is 1. The molecule has 1 spiro atoms. The Morgan fingerprint density at radius 1 is 1.33 bits per heavy atom. The molecule has 1 aliphatic heterocycles. The normalized spacial score (nSPS) is 21.1. The van der Waals surface area contributed by atoms with Crippen LogP contribution in [0.1, 0.15) is 33.6 Å². The van der Waals surface area contributed by atoms with E-state index in [4.69, 9.17) is 9.84 Å². The minimum Gasteiger partial charge on any atom is -0.478 e. The lowest BCUT2D eigenvalue weighted by Gasteiger charge is -2.56.